The molecule has 0 radical (unpaired) electrons. The molecule has 0 aromatic carbocycles. The average molecular weight is 168 g/mol. The number of nitrogens with one attached hydrogen (secondary N) is 1. The molecule has 0 bridgehead atoms. The lowest BCUT2D eigenvalue weighted by atomic mass is 9.90. The van der Waals surface area contributed by atoms with Crippen LogP contribution in [0.15, 0.2) is 0 Å². The molecule has 1 saturated heterocycles. The summed E-state index contributed by atoms with van der Waals surface area (Å²) in [6.07, 6.45) is 2.28. The lowest BCUT2D eigenvalue weighted by Crippen LogP contribution is -2.33. The Morgan fingerprint density at radius 3 is 2.67 bits per heavy atom. The Morgan fingerprint density at radius 1 is 1.50 bits per heavy atom. The number of amides is 2. The van der Waals surface area contributed by atoms with Crippen LogP contribution in [0.1, 0.15) is 12.8 Å². The van der Waals surface area contributed by atoms with Crippen molar-refractivity contribution in [3.63, 3.8) is 0 Å². The van der Waals surface area contributed by atoms with Crippen molar-refractivity contribution in [1.29, 1.82) is 0 Å². The van der Waals surface area contributed by atoms with Crippen LogP contribution in [0.2, 0.25) is 0 Å². The van der Waals surface area contributed by atoms with Gasteiger partial charge in [0.2, 0.25) is 11.8 Å². The first kappa shape index (κ1) is 7.58. The van der Waals surface area contributed by atoms with Gasteiger partial charge in [0.15, 0.2) is 0 Å². The number of primary amides is 1. The molecule has 1 aliphatic carbocycles. The van der Waals surface area contributed by atoms with Gasteiger partial charge in [0.05, 0.1) is 0 Å². The van der Waals surface area contributed by atoms with Gasteiger partial charge in [-0.2, -0.15) is 0 Å². The largest absolute Gasteiger partial charge is 0.369 e. The number of nitrogens with two attached hydrogens (primary N) is 1. The maximum atomic E-state index is 11.1. The first-order valence-electron chi connectivity index (χ1n) is 4.27. The van der Waals surface area contributed by atoms with Gasteiger partial charge >= 0.3 is 0 Å². The second-order valence-electron chi connectivity index (χ2n) is 3.63. The summed E-state index contributed by atoms with van der Waals surface area (Å²) < 4.78 is 0. The van der Waals surface area contributed by atoms with Crippen LogP contribution in [-0.2, 0) is 9.59 Å². The molecule has 2 amide bonds. The third-order valence-corrected chi connectivity index (χ3v) is 2.76. The van der Waals surface area contributed by atoms with Gasteiger partial charge in [0, 0.05) is 6.54 Å². The maximum Gasteiger partial charge on any atom is 0.232 e. The molecular weight excluding hydrogens is 156 g/mol. The van der Waals surface area contributed by atoms with Crippen molar-refractivity contribution in [2.24, 2.45) is 23.5 Å². The zero-order valence-corrected chi connectivity index (χ0v) is 6.75. The molecule has 2 aliphatic rings. The highest BCUT2D eigenvalue weighted by atomic mass is 16.2. The van der Waals surface area contributed by atoms with Crippen molar-refractivity contribution < 1.29 is 9.59 Å². The van der Waals surface area contributed by atoms with Crippen molar-refractivity contribution in [3.05, 3.63) is 0 Å². The second-order valence-corrected chi connectivity index (χ2v) is 3.63. The Kier molecular flexibility index (Phi) is 1.56. The number of carbonyl (C=O) groups is 2. The molecule has 4 nitrogen and oxygen atoms in total. The number of hydrogen-bond donors (Lipinski definition) is 2. The lowest BCUT2D eigenvalue weighted by Gasteiger charge is -2.11. The van der Waals surface area contributed by atoms with Crippen molar-refractivity contribution in [2.75, 3.05) is 6.54 Å². The van der Waals surface area contributed by atoms with Gasteiger partial charge in [-0.1, -0.05) is 0 Å². The van der Waals surface area contributed by atoms with Gasteiger partial charge in [-0.15, -0.1) is 0 Å². The summed E-state index contributed by atoms with van der Waals surface area (Å²) in [4.78, 5) is 22.1. The number of rotatable bonds is 2. The number of hydrogen-bond acceptors (Lipinski definition) is 2. The van der Waals surface area contributed by atoms with Crippen LogP contribution in [0.5, 0.6) is 0 Å². The van der Waals surface area contributed by atoms with Crippen LogP contribution in [-0.4, -0.2) is 18.4 Å². The fraction of sp³-hybridized carbons (Fsp3) is 0.750. The summed E-state index contributed by atoms with van der Waals surface area (Å²) in [5, 5.41) is 2.68. The molecule has 0 aromatic heterocycles. The van der Waals surface area contributed by atoms with Crippen LogP contribution in [0.3, 0.4) is 0 Å². The van der Waals surface area contributed by atoms with E-state index in [9.17, 15) is 9.59 Å². The van der Waals surface area contributed by atoms with E-state index in [0.717, 1.165) is 12.8 Å². The Hall–Kier alpha value is -1.06. The molecule has 2 unspecified atom stereocenters. The van der Waals surface area contributed by atoms with Crippen LogP contribution < -0.4 is 11.1 Å². The lowest BCUT2D eigenvalue weighted by molar-refractivity contribution is -0.132. The van der Waals surface area contributed by atoms with Crippen molar-refractivity contribution in [2.45, 2.75) is 12.8 Å². The van der Waals surface area contributed by atoms with E-state index in [1.165, 1.54) is 0 Å². The van der Waals surface area contributed by atoms with Gasteiger partial charge in [0.1, 0.15) is 5.92 Å². The third-order valence-electron chi connectivity index (χ3n) is 2.76. The standard InChI is InChI=1S/C8H12N2O2/c9-7(11)6-5(4-1-2-4)3-10-8(6)12/h4-6H,1-3H2,(H2,9,11)(H,10,12). The fourth-order valence-electron chi connectivity index (χ4n) is 1.94. The summed E-state index contributed by atoms with van der Waals surface area (Å²) in [6.45, 7) is 0.636. The summed E-state index contributed by atoms with van der Waals surface area (Å²) >= 11 is 0. The van der Waals surface area contributed by atoms with Crippen LogP contribution in [0.4, 0.5) is 0 Å². The van der Waals surface area contributed by atoms with Gasteiger partial charge in [-0.3, -0.25) is 9.59 Å². The summed E-state index contributed by atoms with van der Waals surface area (Å²) in [5.41, 5.74) is 5.14. The van der Waals surface area contributed by atoms with Gasteiger partial charge < -0.3 is 11.1 Å². The van der Waals surface area contributed by atoms with Crippen molar-refractivity contribution >= 4 is 11.8 Å². The molecule has 2 rings (SSSR count). The first-order valence-corrected chi connectivity index (χ1v) is 4.27. The highest BCUT2D eigenvalue weighted by molar-refractivity contribution is 6.01. The smallest absolute Gasteiger partial charge is 0.232 e. The SMILES string of the molecule is NC(=O)C1C(=O)NCC1C1CC1. The normalized spacial score (nSPS) is 34.8. The maximum absolute atomic E-state index is 11.1. The molecule has 3 N–H and O–H groups in total. The molecule has 2 atom stereocenters. The van der Waals surface area contributed by atoms with Crippen molar-refractivity contribution in [3.8, 4) is 0 Å². The molecule has 2 fully saturated rings. The Balaban J connectivity index is 2.13. The highest BCUT2D eigenvalue weighted by Crippen LogP contribution is 2.42. The molecule has 1 aliphatic heterocycles. The predicted octanol–water partition coefficient (Wildman–Crippen LogP) is -0.756. The molecule has 1 heterocycles. The van der Waals surface area contributed by atoms with E-state index in [2.05, 4.69) is 5.32 Å². The molecule has 66 valence electrons. The molecule has 4 heteroatoms. The fourth-order valence-corrected chi connectivity index (χ4v) is 1.94. The zero-order valence-electron chi connectivity index (χ0n) is 6.75. The Bertz CT molecular complexity index is 235. The van der Waals surface area contributed by atoms with E-state index >= 15 is 0 Å². The third kappa shape index (κ3) is 1.07. The quantitative estimate of drug-likeness (QED) is 0.532. The van der Waals surface area contributed by atoms with Crippen molar-refractivity contribution in [1.82, 2.24) is 5.32 Å². The predicted molar refractivity (Wildman–Crippen MR) is 41.9 cm³/mol. The van der Waals surface area contributed by atoms with Gasteiger partial charge in [-0.05, 0) is 24.7 Å². The zero-order chi connectivity index (χ0) is 8.72. The van der Waals surface area contributed by atoms with E-state index in [-0.39, 0.29) is 11.8 Å². The van der Waals surface area contributed by atoms with E-state index in [0.29, 0.717) is 12.5 Å². The van der Waals surface area contributed by atoms with Gasteiger partial charge in [0.25, 0.3) is 0 Å². The second kappa shape index (κ2) is 2.47. The van der Waals surface area contributed by atoms with E-state index in [4.69, 9.17) is 5.73 Å². The summed E-state index contributed by atoms with van der Waals surface area (Å²) in [5.74, 6) is -0.477. The van der Waals surface area contributed by atoms with E-state index in [1.807, 2.05) is 0 Å². The van der Waals surface area contributed by atoms with E-state index in [1.54, 1.807) is 0 Å². The Labute approximate surface area is 70.5 Å². The summed E-state index contributed by atoms with van der Waals surface area (Å²) in [6, 6.07) is 0. The highest BCUT2D eigenvalue weighted by Gasteiger charge is 2.46. The molecular formula is C8H12N2O2. The van der Waals surface area contributed by atoms with E-state index < -0.39 is 11.8 Å². The minimum absolute atomic E-state index is 0.176. The minimum Gasteiger partial charge on any atom is -0.369 e. The average Bonchev–Trinajstić information content (AvgIpc) is 2.75. The van der Waals surface area contributed by atoms with Gasteiger partial charge in [-0.25, -0.2) is 0 Å². The first-order chi connectivity index (χ1) is 5.70. The number of carbonyl (C=O) groups excluding carboxylic acids is 2. The molecule has 12 heavy (non-hydrogen) atoms. The minimum atomic E-state index is -0.558. The molecule has 0 aromatic rings. The monoisotopic (exact) mass is 168 g/mol. The molecule has 1 saturated carbocycles. The Morgan fingerprint density at radius 2 is 2.17 bits per heavy atom. The van der Waals surface area contributed by atoms with Crippen LogP contribution >= 0.6 is 0 Å². The van der Waals surface area contributed by atoms with Crippen LogP contribution in [0, 0.1) is 17.8 Å². The topological polar surface area (TPSA) is 72.2 Å². The summed E-state index contributed by atoms with van der Waals surface area (Å²) in [7, 11) is 0. The molecule has 0 spiro atoms. The van der Waals surface area contributed by atoms with Crippen LogP contribution in [0.25, 0.3) is 0 Å².